The number of aliphatic carboxylic acids is 1. The smallest absolute Gasteiger partial charge is 0.364 e. The van der Waals surface area contributed by atoms with E-state index in [1.807, 2.05) is 6.08 Å². The van der Waals surface area contributed by atoms with Crippen molar-refractivity contribution in [3.05, 3.63) is 36.5 Å². The molecule has 0 spiro atoms. The van der Waals surface area contributed by atoms with E-state index in [0.717, 1.165) is 84.0 Å². The van der Waals surface area contributed by atoms with Crippen LogP contribution in [-0.2, 0) is 42.8 Å². The number of amides is 2. The normalized spacial score (nSPS) is 28.6. The molecule has 3 aliphatic rings. The maximum Gasteiger partial charge on any atom is 0.364 e. The Kier molecular flexibility index (Phi) is 43.9. The minimum atomic E-state index is -3.08. The van der Waals surface area contributed by atoms with Gasteiger partial charge in [0, 0.05) is 19.8 Å². The predicted molar refractivity (Wildman–Crippen MR) is 343 cm³/mol. The number of hydrogen-bond donors (Lipinski definition) is 14. The first kappa shape index (κ1) is 82.2. The van der Waals surface area contributed by atoms with Crippen LogP contribution in [0.1, 0.15) is 239 Å². The van der Waals surface area contributed by atoms with Gasteiger partial charge < -0.3 is 100 Å². The van der Waals surface area contributed by atoms with E-state index in [4.69, 9.17) is 28.4 Å². The molecule has 0 aromatic heterocycles. The zero-order valence-electron chi connectivity index (χ0n) is 55.2. The number of hydrogen-bond acceptors (Lipinski definition) is 20. The van der Waals surface area contributed by atoms with E-state index < -0.39 is 155 Å². The Labute approximate surface area is 542 Å². The van der Waals surface area contributed by atoms with Crippen LogP contribution in [0.2, 0.25) is 0 Å². The number of aliphatic hydroxyl groups excluding tert-OH is 11. The van der Waals surface area contributed by atoms with Crippen LogP contribution >= 0.6 is 0 Å². The summed E-state index contributed by atoms with van der Waals surface area (Å²) in [7, 11) is 0. The summed E-state index contributed by atoms with van der Waals surface area (Å²) in [5.41, 5.74) is 0. The summed E-state index contributed by atoms with van der Waals surface area (Å²) in [4.78, 5) is 38.5. The predicted octanol–water partition coefficient (Wildman–Crippen LogP) is 6.23. The van der Waals surface area contributed by atoms with Gasteiger partial charge in [-0.2, -0.15) is 0 Å². The van der Waals surface area contributed by atoms with Crippen LogP contribution < -0.4 is 10.6 Å². The molecule has 3 aliphatic heterocycles. The minimum absolute atomic E-state index is 0.190. The standard InChI is InChI=1S/C68H122N2O21/c1-4-6-8-10-12-14-16-18-20-22-23-24-26-27-29-31-33-35-37-39-41-50(75)49(70-55(78)42-40-38-36-34-32-30-28-25-21-19-17-15-13-11-9-7-5-2)47-86-65-60(82)59(81)62(54(46-73)88-65)89-66-61(83)64(58(80)53(45-72)87-66)91-68(67(84)85)43-51(76)56(69-48(3)74)63(90-68)57(79)52(77)44-71/h13,15,19,21,39,41,49-54,56-66,71-73,75-77,79-83H,4-12,14,16-18,20,22-38,40,42-47H2,1-3H3,(H,69,74)(H,70,78)(H,84,85)/b15-13-,21-19-,41-39+. The number of carboxylic acid groups (broad SMARTS) is 1. The van der Waals surface area contributed by atoms with Crippen molar-refractivity contribution in [3.63, 3.8) is 0 Å². The number of allylic oxidation sites excluding steroid dienone is 5. The second kappa shape index (κ2) is 48.6. The third-order valence-electron chi connectivity index (χ3n) is 17.6. The van der Waals surface area contributed by atoms with Gasteiger partial charge in [-0.15, -0.1) is 0 Å². The summed E-state index contributed by atoms with van der Waals surface area (Å²) < 4.78 is 34.8. The highest BCUT2D eigenvalue weighted by Crippen LogP contribution is 2.39. The van der Waals surface area contributed by atoms with Crippen molar-refractivity contribution in [2.45, 2.75) is 349 Å². The molecule has 0 saturated carbocycles. The first-order valence-electron chi connectivity index (χ1n) is 34.9. The Balaban J connectivity index is 1.61. The molecule has 3 saturated heterocycles. The van der Waals surface area contributed by atoms with Gasteiger partial charge in [0.1, 0.15) is 67.1 Å². The van der Waals surface area contributed by atoms with Gasteiger partial charge in [-0.1, -0.05) is 204 Å². The highest BCUT2D eigenvalue weighted by Gasteiger charge is 2.60. The van der Waals surface area contributed by atoms with Crippen LogP contribution in [0.5, 0.6) is 0 Å². The highest BCUT2D eigenvalue weighted by atomic mass is 16.8. The van der Waals surface area contributed by atoms with Gasteiger partial charge in [0.25, 0.3) is 5.79 Å². The number of unbranched alkanes of at least 4 members (excludes halogenated alkanes) is 28. The number of carboxylic acids is 1. The summed E-state index contributed by atoms with van der Waals surface area (Å²) in [6, 6.07) is -2.62. The molecule has 0 radical (unpaired) electrons. The van der Waals surface area contributed by atoms with Crippen LogP contribution in [0.25, 0.3) is 0 Å². The SMILES string of the molecule is CCCCC/C=C\C/C=C\CCCCCCCCCC(=O)NC(COC1OC(CO)C(OC2OC(CO)C(O)C(OC3(C(=O)O)CC(O)C(NC(C)=O)C(C(O)C(O)CO)O3)C2O)C(O)C1O)C(O)/C=C/CCCCCCCCCCCCCCCCCCCC. The lowest BCUT2D eigenvalue weighted by Gasteiger charge is -2.50. The Morgan fingerprint density at radius 2 is 1.07 bits per heavy atom. The number of nitrogens with one attached hydrogen (secondary N) is 2. The molecule has 23 heteroatoms. The average molecular weight is 1300 g/mol. The largest absolute Gasteiger partial charge is 0.477 e. The first-order chi connectivity index (χ1) is 43.9. The zero-order chi connectivity index (χ0) is 66.8. The molecule has 0 bridgehead atoms. The third-order valence-corrected chi connectivity index (χ3v) is 17.6. The van der Waals surface area contributed by atoms with E-state index in [0.29, 0.717) is 12.8 Å². The molecule has 0 aliphatic carbocycles. The fourth-order valence-corrected chi connectivity index (χ4v) is 12.0. The van der Waals surface area contributed by atoms with Crippen molar-refractivity contribution >= 4 is 17.8 Å². The number of carbonyl (C=O) groups excluding carboxylic acids is 2. The number of rotatable bonds is 52. The molecule has 18 atom stereocenters. The lowest BCUT2D eigenvalue weighted by atomic mass is 9.88. The summed E-state index contributed by atoms with van der Waals surface area (Å²) in [6.07, 6.45) is 20.4. The van der Waals surface area contributed by atoms with E-state index in [2.05, 4.69) is 48.8 Å². The van der Waals surface area contributed by atoms with Gasteiger partial charge >= 0.3 is 5.97 Å². The Bertz CT molecular complexity index is 1990. The third kappa shape index (κ3) is 31.1. The molecule has 3 fully saturated rings. The molecule has 14 N–H and O–H groups in total. The van der Waals surface area contributed by atoms with Crippen LogP contribution in [-0.4, -0.2) is 215 Å². The fraction of sp³-hybridized carbons (Fsp3) is 0.868. The maximum absolute atomic E-state index is 13.4. The second-order valence-corrected chi connectivity index (χ2v) is 25.4. The molecule has 0 aromatic rings. The lowest BCUT2D eigenvalue weighted by molar-refractivity contribution is -0.386. The highest BCUT2D eigenvalue weighted by molar-refractivity contribution is 5.77. The first-order valence-corrected chi connectivity index (χ1v) is 34.9. The van der Waals surface area contributed by atoms with Gasteiger partial charge in [-0.05, 0) is 51.4 Å². The van der Waals surface area contributed by atoms with Crippen LogP contribution in [0, 0.1) is 0 Å². The molecular weight excluding hydrogens is 1180 g/mol. The van der Waals surface area contributed by atoms with Gasteiger partial charge in [0.05, 0.1) is 50.7 Å². The summed E-state index contributed by atoms with van der Waals surface area (Å²) in [5.74, 6) is -6.15. The molecule has 0 aromatic carbocycles. The molecule has 2 amide bonds. The summed E-state index contributed by atoms with van der Waals surface area (Å²) >= 11 is 0. The fourth-order valence-electron chi connectivity index (χ4n) is 12.0. The molecular formula is C68H122N2O21. The number of ether oxygens (including phenoxy) is 6. The van der Waals surface area contributed by atoms with Crippen LogP contribution in [0.15, 0.2) is 36.5 Å². The van der Waals surface area contributed by atoms with Crippen molar-refractivity contribution in [3.8, 4) is 0 Å². The Hall–Kier alpha value is -3.05. The van der Waals surface area contributed by atoms with Crippen molar-refractivity contribution in [2.75, 3.05) is 26.4 Å². The Morgan fingerprint density at radius 3 is 1.57 bits per heavy atom. The van der Waals surface area contributed by atoms with Crippen molar-refractivity contribution in [1.82, 2.24) is 10.6 Å². The second-order valence-electron chi connectivity index (χ2n) is 25.4. The van der Waals surface area contributed by atoms with E-state index >= 15 is 0 Å². The van der Waals surface area contributed by atoms with Gasteiger partial charge in [-0.3, -0.25) is 9.59 Å². The van der Waals surface area contributed by atoms with E-state index in [1.54, 1.807) is 6.08 Å². The molecule has 91 heavy (non-hydrogen) atoms. The molecule has 23 nitrogen and oxygen atoms in total. The lowest BCUT2D eigenvalue weighted by Crippen LogP contribution is -2.70. The monoisotopic (exact) mass is 1300 g/mol. The molecule has 18 unspecified atom stereocenters. The maximum atomic E-state index is 13.4. The van der Waals surface area contributed by atoms with Gasteiger partial charge in [0.15, 0.2) is 12.6 Å². The quantitative estimate of drug-likeness (QED) is 0.0237. The zero-order valence-corrected chi connectivity index (χ0v) is 55.2. The van der Waals surface area contributed by atoms with Gasteiger partial charge in [0.2, 0.25) is 11.8 Å². The van der Waals surface area contributed by atoms with E-state index in [1.165, 1.54) is 116 Å². The van der Waals surface area contributed by atoms with E-state index in [-0.39, 0.29) is 12.3 Å². The molecule has 530 valence electrons. The van der Waals surface area contributed by atoms with Crippen molar-refractivity contribution in [2.24, 2.45) is 0 Å². The summed E-state index contributed by atoms with van der Waals surface area (Å²) in [5, 5.41) is 136. The minimum Gasteiger partial charge on any atom is -0.477 e. The topological polar surface area (TPSA) is 373 Å². The van der Waals surface area contributed by atoms with Crippen molar-refractivity contribution in [1.29, 1.82) is 0 Å². The van der Waals surface area contributed by atoms with Crippen LogP contribution in [0.3, 0.4) is 0 Å². The summed E-state index contributed by atoms with van der Waals surface area (Å²) in [6.45, 7) is 2.10. The Morgan fingerprint density at radius 1 is 0.582 bits per heavy atom. The van der Waals surface area contributed by atoms with E-state index in [9.17, 15) is 75.7 Å². The molecule has 3 rings (SSSR count). The average Bonchev–Trinajstić information content (AvgIpc) is 0.765. The number of carbonyl (C=O) groups is 3. The van der Waals surface area contributed by atoms with Gasteiger partial charge in [-0.25, -0.2) is 4.79 Å². The van der Waals surface area contributed by atoms with Crippen LogP contribution in [0.4, 0.5) is 0 Å². The molecule has 3 heterocycles. The number of aliphatic hydroxyl groups is 11. The van der Waals surface area contributed by atoms with Crippen molar-refractivity contribution < 1.29 is 104 Å².